The van der Waals surface area contributed by atoms with E-state index in [1.807, 2.05) is 0 Å². The summed E-state index contributed by atoms with van der Waals surface area (Å²) < 4.78 is 50.9. The monoisotopic (exact) mass is 445 g/mol. The minimum Gasteiger partial charge on any atom is -0.465 e. The van der Waals surface area contributed by atoms with E-state index >= 15 is 0 Å². The quantitative estimate of drug-likeness (QED) is 0.710. The SMILES string of the molecule is COC(=O)c1ccc(C(=O)OC)c(S(=O)(=O)Nc2ccc(Br)cc2F)c1. The number of halogens is 2. The van der Waals surface area contributed by atoms with E-state index in [9.17, 15) is 22.4 Å². The predicted molar refractivity (Wildman–Crippen MR) is 94.0 cm³/mol. The molecule has 0 saturated carbocycles. The van der Waals surface area contributed by atoms with Crippen molar-refractivity contribution in [1.29, 1.82) is 0 Å². The Labute approximate surface area is 157 Å². The molecule has 0 atom stereocenters. The summed E-state index contributed by atoms with van der Waals surface area (Å²) in [6.45, 7) is 0. The summed E-state index contributed by atoms with van der Waals surface area (Å²) in [6.07, 6.45) is 0. The molecular weight excluding hydrogens is 433 g/mol. The molecule has 0 heterocycles. The minimum atomic E-state index is -4.41. The number of nitrogens with one attached hydrogen (secondary N) is 1. The van der Waals surface area contributed by atoms with E-state index in [2.05, 4.69) is 30.1 Å². The van der Waals surface area contributed by atoms with Crippen LogP contribution in [0.15, 0.2) is 45.8 Å². The standard InChI is InChI=1S/C16H13BrFNO6S/c1-24-15(20)9-3-5-11(16(21)25-2)14(7-9)26(22,23)19-13-6-4-10(17)8-12(13)18/h3-8,19H,1-2H3. The third-order valence-electron chi connectivity index (χ3n) is 3.27. The summed E-state index contributed by atoms with van der Waals surface area (Å²) in [4.78, 5) is 23.0. The first-order chi connectivity index (χ1) is 12.2. The van der Waals surface area contributed by atoms with Gasteiger partial charge in [0.1, 0.15) is 10.7 Å². The predicted octanol–water partition coefficient (Wildman–Crippen LogP) is 2.96. The molecule has 2 rings (SSSR count). The van der Waals surface area contributed by atoms with Crippen LogP contribution in [-0.2, 0) is 19.5 Å². The summed E-state index contributed by atoms with van der Waals surface area (Å²) >= 11 is 3.06. The average molecular weight is 446 g/mol. The van der Waals surface area contributed by atoms with Crippen LogP contribution < -0.4 is 4.72 Å². The number of hydrogen-bond donors (Lipinski definition) is 1. The van der Waals surface area contributed by atoms with Crippen LogP contribution in [0.3, 0.4) is 0 Å². The highest BCUT2D eigenvalue weighted by Crippen LogP contribution is 2.25. The zero-order valence-corrected chi connectivity index (χ0v) is 16.0. The Bertz CT molecular complexity index is 977. The molecule has 0 aliphatic carbocycles. The first kappa shape index (κ1) is 19.9. The molecule has 0 saturated heterocycles. The lowest BCUT2D eigenvalue weighted by atomic mass is 10.1. The fraction of sp³-hybridized carbons (Fsp3) is 0.125. The van der Waals surface area contributed by atoms with Gasteiger partial charge in [-0.3, -0.25) is 4.72 Å². The number of esters is 2. The highest BCUT2D eigenvalue weighted by molar-refractivity contribution is 9.10. The molecule has 2 aromatic carbocycles. The van der Waals surface area contributed by atoms with Crippen molar-refractivity contribution in [2.75, 3.05) is 18.9 Å². The van der Waals surface area contributed by atoms with E-state index in [0.29, 0.717) is 4.47 Å². The van der Waals surface area contributed by atoms with Gasteiger partial charge in [0.05, 0.1) is 31.0 Å². The van der Waals surface area contributed by atoms with Crippen LogP contribution in [0.5, 0.6) is 0 Å². The second-order valence-corrected chi connectivity index (χ2v) is 7.49. The second kappa shape index (κ2) is 7.83. The normalized spacial score (nSPS) is 10.9. The van der Waals surface area contributed by atoms with Gasteiger partial charge in [0, 0.05) is 4.47 Å². The lowest BCUT2D eigenvalue weighted by molar-refractivity contribution is 0.0583. The topological polar surface area (TPSA) is 98.8 Å². The first-order valence-electron chi connectivity index (χ1n) is 6.98. The summed E-state index contributed by atoms with van der Waals surface area (Å²) in [7, 11) is -2.21. The third-order valence-corrected chi connectivity index (χ3v) is 5.17. The van der Waals surface area contributed by atoms with Gasteiger partial charge in [-0.1, -0.05) is 15.9 Å². The van der Waals surface area contributed by atoms with E-state index in [1.54, 1.807) is 0 Å². The molecule has 10 heteroatoms. The number of carbonyl (C=O) groups excluding carboxylic acids is 2. The van der Waals surface area contributed by atoms with Crippen LogP contribution in [0.2, 0.25) is 0 Å². The molecule has 0 unspecified atom stereocenters. The van der Waals surface area contributed by atoms with Crippen molar-refractivity contribution in [2.24, 2.45) is 0 Å². The number of rotatable bonds is 5. The molecule has 2 aromatic rings. The summed E-state index contributed by atoms with van der Waals surface area (Å²) in [5.41, 5.74) is -0.741. The maximum atomic E-state index is 14.0. The van der Waals surface area contributed by atoms with Crippen molar-refractivity contribution in [3.8, 4) is 0 Å². The summed E-state index contributed by atoms with van der Waals surface area (Å²) in [5.74, 6) is -2.56. The highest BCUT2D eigenvalue weighted by atomic mass is 79.9. The van der Waals surface area contributed by atoms with Crippen molar-refractivity contribution in [1.82, 2.24) is 0 Å². The molecule has 138 valence electrons. The summed E-state index contributed by atoms with van der Waals surface area (Å²) in [6, 6.07) is 7.01. The van der Waals surface area contributed by atoms with Gasteiger partial charge in [0.2, 0.25) is 0 Å². The fourth-order valence-electron chi connectivity index (χ4n) is 2.04. The third kappa shape index (κ3) is 4.20. The van der Waals surface area contributed by atoms with Gasteiger partial charge in [-0.25, -0.2) is 22.4 Å². The van der Waals surface area contributed by atoms with Crippen LogP contribution in [0.25, 0.3) is 0 Å². The van der Waals surface area contributed by atoms with Gasteiger partial charge in [-0.15, -0.1) is 0 Å². The fourth-order valence-corrected chi connectivity index (χ4v) is 3.66. The molecule has 0 spiro atoms. The Morgan fingerprint density at radius 2 is 1.69 bits per heavy atom. The van der Waals surface area contributed by atoms with E-state index in [0.717, 1.165) is 32.4 Å². The highest BCUT2D eigenvalue weighted by Gasteiger charge is 2.26. The van der Waals surface area contributed by atoms with Crippen LogP contribution in [-0.4, -0.2) is 34.6 Å². The molecule has 0 amide bonds. The summed E-state index contributed by atoms with van der Waals surface area (Å²) in [5, 5.41) is 0. The number of carbonyl (C=O) groups is 2. The number of methoxy groups -OCH3 is 2. The zero-order chi connectivity index (χ0) is 19.5. The van der Waals surface area contributed by atoms with E-state index in [-0.39, 0.29) is 16.8 Å². The number of sulfonamides is 1. The van der Waals surface area contributed by atoms with Crippen LogP contribution in [0.1, 0.15) is 20.7 Å². The van der Waals surface area contributed by atoms with E-state index in [4.69, 9.17) is 0 Å². The molecular formula is C16H13BrFNO6S. The lowest BCUT2D eigenvalue weighted by Crippen LogP contribution is -2.19. The van der Waals surface area contributed by atoms with Crippen molar-refractivity contribution < 1.29 is 31.9 Å². The lowest BCUT2D eigenvalue weighted by Gasteiger charge is -2.13. The first-order valence-corrected chi connectivity index (χ1v) is 9.25. The van der Waals surface area contributed by atoms with Gasteiger partial charge < -0.3 is 9.47 Å². The smallest absolute Gasteiger partial charge is 0.339 e. The van der Waals surface area contributed by atoms with Gasteiger partial charge in [-0.2, -0.15) is 0 Å². The van der Waals surface area contributed by atoms with Crippen LogP contribution in [0, 0.1) is 5.82 Å². The molecule has 1 N–H and O–H groups in total. The Morgan fingerprint density at radius 3 is 2.27 bits per heavy atom. The molecule has 0 radical (unpaired) electrons. The molecule has 0 fully saturated rings. The molecule has 7 nitrogen and oxygen atoms in total. The molecule has 0 aromatic heterocycles. The van der Waals surface area contributed by atoms with E-state index in [1.165, 1.54) is 18.2 Å². The Hall–Kier alpha value is -2.46. The van der Waals surface area contributed by atoms with Gasteiger partial charge in [0.25, 0.3) is 10.0 Å². The van der Waals surface area contributed by atoms with Crippen LogP contribution in [0.4, 0.5) is 10.1 Å². The maximum absolute atomic E-state index is 14.0. The molecule has 0 bridgehead atoms. The number of ether oxygens (including phenoxy) is 2. The Kier molecular flexibility index (Phi) is 5.98. The van der Waals surface area contributed by atoms with Crippen LogP contribution >= 0.6 is 15.9 Å². The number of anilines is 1. The minimum absolute atomic E-state index is 0.100. The molecule has 26 heavy (non-hydrogen) atoms. The Morgan fingerprint density at radius 1 is 1.04 bits per heavy atom. The largest absolute Gasteiger partial charge is 0.465 e. The van der Waals surface area contributed by atoms with Crippen molar-refractivity contribution in [3.63, 3.8) is 0 Å². The maximum Gasteiger partial charge on any atom is 0.339 e. The second-order valence-electron chi connectivity index (χ2n) is 4.92. The molecule has 0 aliphatic rings. The Balaban J connectivity index is 2.58. The van der Waals surface area contributed by atoms with Gasteiger partial charge in [0.15, 0.2) is 0 Å². The van der Waals surface area contributed by atoms with Gasteiger partial charge in [-0.05, 0) is 36.4 Å². The number of benzene rings is 2. The van der Waals surface area contributed by atoms with Crippen molar-refractivity contribution in [3.05, 3.63) is 57.8 Å². The number of hydrogen-bond acceptors (Lipinski definition) is 6. The van der Waals surface area contributed by atoms with E-state index < -0.39 is 32.7 Å². The average Bonchev–Trinajstić information content (AvgIpc) is 2.62. The molecule has 0 aliphatic heterocycles. The van der Waals surface area contributed by atoms with Crippen molar-refractivity contribution >= 4 is 43.6 Å². The van der Waals surface area contributed by atoms with Crippen molar-refractivity contribution in [2.45, 2.75) is 4.90 Å². The zero-order valence-electron chi connectivity index (χ0n) is 13.6. The van der Waals surface area contributed by atoms with Gasteiger partial charge >= 0.3 is 11.9 Å².